The maximum atomic E-state index is 16.6. The molecule has 0 amide bonds. The van der Waals surface area contributed by atoms with Crippen LogP contribution in [0, 0.1) is 0 Å². The molecule has 1 fully saturated rings. The maximum absolute atomic E-state index is 16.6. The Labute approximate surface area is 236 Å². The predicted octanol–water partition coefficient (Wildman–Crippen LogP) is 5.16. The van der Waals surface area contributed by atoms with Gasteiger partial charge in [0.05, 0.1) is 14.2 Å². The summed E-state index contributed by atoms with van der Waals surface area (Å²) in [4.78, 5) is 16.2. The number of nitrogen functional groups attached to an aromatic ring is 1. The van der Waals surface area contributed by atoms with Gasteiger partial charge in [-0.3, -0.25) is 4.57 Å². The molecule has 5 rings (SSSR count). The van der Waals surface area contributed by atoms with Crippen LogP contribution < -0.4 is 20.9 Å². The second-order valence-electron chi connectivity index (χ2n) is 9.68. The summed E-state index contributed by atoms with van der Waals surface area (Å²) in [6.45, 7) is 1.53. The van der Waals surface area contributed by atoms with E-state index < -0.39 is 35.6 Å². The molecule has 0 saturated carbocycles. The lowest BCUT2D eigenvalue weighted by Gasteiger charge is -2.40. The fourth-order valence-electron chi connectivity index (χ4n) is 5.21. The molecule has 0 unspecified atom stereocenters. The topological polar surface area (TPSA) is 97.8 Å². The van der Waals surface area contributed by atoms with Crippen molar-refractivity contribution in [2.24, 2.45) is 0 Å². The Kier molecular flexibility index (Phi) is 7.79. The van der Waals surface area contributed by atoms with Crippen LogP contribution in [0.25, 0.3) is 0 Å². The minimum Gasteiger partial charge on any atom is -0.497 e. The maximum Gasteiger partial charge on any atom is 0.351 e. The van der Waals surface area contributed by atoms with Crippen LogP contribution in [0.2, 0.25) is 0 Å². The predicted molar refractivity (Wildman–Crippen MR) is 149 cm³/mol. The van der Waals surface area contributed by atoms with Gasteiger partial charge in [-0.2, -0.15) is 4.98 Å². The summed E-state index contributed by atoms with van der Waals surface area (Å²) in [6.07, 6.45) is -4.50. The number of benzene rings is 3. The monoisotopic (exact) mass is 563 g/mol. The number of nitrogens with zero attached hydrogens (tertiary/aromatic N) is 2. The van der Waals surface area contributed by atoms with Gasteiger partial charge >= 0.3 is 5.69 Å². The summed E-state index contributed by atoms with van der Waals surface area (Å²) in [5, 5.41) is 0. The Bertz CT molecular complexity index is 1480. The van der Waals surface area contributed by atoms with Gasteiger partial charge in [0.1, 0.15) is 22.9 Å². The van der Waals surface area contributed by atoms with E-state index >= 15 is 8.78 Å². The van der Waals surface area contributed by atoms with Crippen LogP contribution in [0.3, 0.4) is 0 Å². The van der Waals surface area contributed by atoms with Crippen molar-refractivity contribution in [2.45, 2.75) is 43.3 Å². The van der Waals surface area contributed by atoms with Crippen LogP contribution >= 0.6 is 0 Å². The number of methoxy groups -OCH3 is 2. The minimum absolute atomic E-state index is 0.0448. The van der Waals surface area contributed by atoms with Crippen molar-refractivity contribution in [3.05, 3.63) is 118 Å². The van der Waals surface area contributed by atoms with Crippen molar-refractivity contribution in [1.82, 2.24) is 9.55 Å². The minimum atomic E-state index is -2.59. The molecular formula is C31H31F2N3O5. The van der Waals surface area contributed by atoms with Crippen LogP contribution in [-0.2, 0) is 15.1 Å². The van der Waals surface area contributed by atoms with E-state index in [1.54, 1.807) is 62.8 Å². The van der Waals surface area contributed by atoms with Crippen molar-refractivity contribution in [3.8, 4) is 11.5 Å². The summed E-state index contributed by atoms with van der Waals surface area (Å²) in [7, 11) is 3.10. The number of aromatic nitrogens is 2. The molecule has 1 aromatic heterocycles. The second-order valence-corrected chi connectivity index (χ2v) is 9.68. The van der Waals surface area contributed by atoms with Gasteiger partial charge in [-0.1, -0.05) is 61.5 Å². The van der Waals surface area contributed by atoms with Crippen LogP contribution in [-0.4, -0.2) is 41.9 Å². The number of rotatable bonds is 9. The van der Waals surface area contributed by atoms with E-state index in [0.717, 1.165) is 4.57 Å². The number of hydrogen-bond acceptors (Lipinski definition) is 7. The first-order chi connectivity index (χ1) is 19.8. The zero-order chi connectivity index (χ0) is 29.2. The van der Waals surface area contributed by atoms with Crippen LogP contribution in [0.15, 0.2) is 95.9 Å². The van der Waals surface area contributed by atoms with Gasteiger partial charge in [-0.25, -0.2) is 13.6 Å². The number of nitrogens with two attached hydrogens (primary N) is 1. The van der Waals surface area contributed by atoms with E-state index in [-0.39, 0.29) is 12.2 Å². The molecule has 2 N–H and O–H groups in total. The highest BCUT2D eigenvalue weighted by Crippen LogP contribution is 2.50. The third-order valence-electron chi connectivity index (χ3n) is 7.39. The SMILES string of the molecule is CC[C@@]1(F)O[C@@H](n2ccc(N)nc2=O)[C@H](F)[C@@H]1OC(c1ccccc1)(c1ccc(OC)cc1)c1ccc(OC)cc1. The van der Waals surface area contributed by atoms with E-state index in [1.165, 1.54) is 19.2 Å². The summed E-state index contributed by atoms with van der Waals surface area (Å²) in [5.41, 5.74) is 5.04. The summed E-state index contributed by atoms with van der Waals surface area (Å²) < 4.78 is 57.1. The molecule has 8 nitrogen and oxygen atoms in total. The van der Waals surface area contributed by atoms with Gasteiger partial charge in [-0.05, 0) is 47.0 Å². The van der Waals surface area contributed by atoms with Gasteiger partial charge in [-0.15, -0.1) is 0 Å². The van der Waals surface area contributed by atoms with Crippen molar-refractivity contribution in [1.29, 1.82) is 0 Å². The first kappa shape index (κ1) is 28.3. The molecule has 3 aromatic carbocycles. The van der Waals surface area contributed by atoms with E-state index in [2.05, 4.69) is 4.98 Å². The van der Waals surface area contributed by atoms with Gasteiger partial charge in [0, 0.05) is 12.6 Å². The smallest absolute Gasteiger partial charge is 0.351 e. The lowest BCUT2D eigenvalue weighted by atomic mass is 9.79. The second kappa shape index (κ2) is 11.3. The summed E-state index contributed by atoms with van der Waals surface area (Å²) in [6, 6.07) is 24.6. The molecule has 10 heteroatoms. The average Bonchev–Trinajstić information content (AvgIpc) is 3.25. The molecule has 2 heterocycles. The molecule has 1 saturated heterocycles. The number of halogens is 2. The number of anilines is 1. The average molecular weight is 564 g/mol. The van der Waals surface area contributed by atoms with E-state index in [4.69, 9.17) is 24.7 Å². The van der Waals surface area contributed by atoms with Gasteiger partial charge in [0.2, 0.25) is 5.85 Å². The van der Waals surface area contributed by atoms with Crippen LogP contribution in [0.4, 0.5) is 14.6 Å². The zero-order valence-electron chi connectivity index (χ0n) is 22.9. The Morgan fingerprint density at radius 3 is 1.95 bits per heavy atom. The summed E-state index contributed by atoms with van der Waals surface area (Å²) >= 11 is 0. The number of alkyl halides is 2. The van der Waals surface area contributed by atoms with Crippen molar-refractivity contribution >= 4 is 5.82 Å². The van der Waals surface area contributed by atoms with Gasteiger partial charge < -0.3 is 24.7 Å². The molecular weight excluding hydrogens is 532 g/mol. The third kappa shape index (κ3) is 5.05. The van der Waals surface area contributed by atoms with E-state index in [1.807, 2.05) is 30.3 Å². The highest BCUT2D eigenvalue weighted by molar-refractivity contribution is 5.50. The molecule has 1 aliphatic rings. The molecule has 41 heavy (non-hydrogen) atoms. The van der Waals surface area contributed by atoms with Crippen molar-refractivity contribution in [3.63, 3.8) is 0 Å². The van der Waals surface area contributed by atoms with E-state index in [9.17, 15) is 4.79 Å². The molecule has 0 spiro atoms. The Hall–Kier alpha value is -4.28. The first-order valence-electron chi connectivity index (χ1n) is 13.1. The fraction of sp³-hybridized carbons (Fsp3) is 0.290. The summed E-state index contributed by atoms with van der Waals surface area (Å²) in [5.74, 6) is -1.44. The van der Waals surface area contributed by atoms with Crippen molar-refractivity contribution in [2.75, 3.05) is 20.0 Å². The number of ether oxygens (including phenoxy) is 4. The van der Waals surface area contributed by atoms with Gasteiger partial charge in [0.15, 0.2) is 18.5 Å². The van der Waals surface area contributed by atoms with Crippen molar-refractivity contribution < 1.29 is 27.7 Å². The highest BCUT2D eigenvalue weighted by Gasteiger charge is 2.60. The Balaban J connectivity index is 1.71. The highest BCUT2D eigenvalue weighted by atomic mass is 19.2. The standard InChI is InChI=1S/C31H31F2N3O5/c1-4-30(33)27(26(32)28(41-30)36-19-18-25(34)35-29(36)37)40-31(20-8-6-5-7-9-20,21-10-14-23(38-2)15-11-21)22-12-16-24(39-3)17-13-22/h5-19,26-28H,4H2,1-3H3,(H2,34,35,37)/t26-,27+,28-,30-/m1/s1. The fourth-order valence-corrected chi connectivity index (χ4v) is 5.21. The first-order valence-corrected chi connectivity index (χ1v) is 13.1. The quantitative estimate of drug-likeness (QED) is 0.281. The molecule has 4 aromatic rings. The number of hydrogen-bond donors (Lipinski definition) is 1. The third-order valence-corrected chi connectivity index (χ3v) is 7.39. The lowest BCUT2D eigenvalue weighted by Crippen LogP contribution is -2.47. The normalized spacial score (nSPS) is 22.4. The Morgan fingerprint density at radius 2 is 1.46 bits per heavy atom. The van der Waals surface area contributed by atoms with Crippen LogP contribution in [0.5, 0.6) is 11.5 Å². The molecule has 0 aliphatic carbocycles. The zero-order valence-corrected chi connectivity index (χ0v) is 22.9. The molecule has 1 aliphatic heterocycles. The molecule has 4 atom stereocenters. The van der Waals surface area contributed by atoms with Gasteiger partial charge in [0.25, 0.3) is 0 Å². The lowest BCUT2D eigenvalue weighted by molar-refractivity contribution is -0.216. The molecule has 0 radical (unpaired) electrons. The molecule has 0 bridgehead atoms. The molecule has 214 valence electrons. The Morgan fingerprint density at radius 1 is 0.927 bits per heavy atom. The largest absolute Gasteiger partial charge is 0.497 e. The van der Waals surface area contributed by atoms with E-state index in [0.29, 0.717) is 28.2 Å². The van der Waals surface area contributed by atoms with Crippen LogP contribution in [0.1, 0.15) is 36.3 Å².